The van der Waals surface area contributed by atoms with Crippen molar-refractivity contribution in [3.63, 3.8) is 0 Å². The van der Waals surface area contributed by atoms with Crippen LogP contribution in [0.1, 0.15) is 38.4 Å². The number of sulfone groups is 1. The molecule has 0 spiro atoms. The summed E-state index contributed by atoms with van der Waals surface area (Å²) in [6.07, 6.45) is 4.88. The molecule has 0 aliphatic heterocycles. The first-order valence-corrected chi connectivity index (χ1v) is 13.4. The molecule has 5 nitrogen and oxygen atoms in total. The van der Waals surface area contributed by atoms with Crippen LogP contribution in [0, 0.1) is 5.82 Å². The lowest BCUT2D eigenvalue weighted by atomic mass is 9.95. The quantitative estimate of drug-likeness (QED) is 0.378. The molecule has 0 bridgehead atoms. The van der Waals surface area contributed by atoms with Crippen molar-refractivity contribution >= 4 is 44.3 Å². The zero-order chi connectivity index (χ0) is 25.6. The number of halogens is 3. The molecule has 1 aliphatic rings. The van der Waals surface area contributed by atoms with Crippen molar-refractivity contribution in [1.29, 1.82) is 0 Å². The van der Waals surface area contributed by atoms with E-state index in [-0.39, 0.29) is 40.0 Å². The minimum Gasteiger partial charge on any atom is -0.384 e. The number of aliphatic hydroxyl groups is 1. The highest BCUT2D eigenvalue weighted by Crippen LogP contribution is 2.48. The van der Waals surface area contributed by atoms with Gasteiger partial charge in [0.2, 0.25) is 0 Å². The summed E-state index contributed by atoms with van der Waals surface area (Å²) in [6, 6.07) is 13.6. The molecule has 1 unspecified atom stereocenters. The lowest BCUT2D eigenvalue weighted by Gasteiger charge is -2.34. The van der Waals surface area contributed by atoms with Gasteiger partial charge in [-0.2, -0.15) is 0 Å². The fraction of sp³-hybridized carbons (Fsp3) is 0.269. The minimum atomic E-state index is -3.89. The summed E-state index contributed by atoms with van der Waals surface area (Å²) in [7, 11) is -3.89. The third-order valence-corrected chi connectivity index (χ3v) is 9.49. The Labute approximate surface area is 214 Å². The molecular weight excluding hydrogens is 510 g/mol. The van der Waals surface area contributed by atoms with Gasteiger partial charge in [-0.1, -0.05) is 72.6 Å². The van der Waals surface area contributed by atoms with E-state index in [1.54, 1.807) is 12.2 Å². The van der Waals surface area contributed by atoms with E-state index in [1.807, 2.05) is 30.3 Å². The van der Waals surface area contributed by atoms with E-state index in [4.69, 9.17) is 23.2 Å². The zero-order valence-electron chi connectivity index (χ0n) is 19.5. The highest BCUT2D eigenvalue weighted by Gasteiger charge is 2.48. The maximum atomic E-state index is 15.0. The molecule has 0 saturated carbocycles. The standard InChI is InChI=1S/C26H25Cl2FN2O3S/c1-4-35(33,34)26(28)15-18(17-9-6-5-7-10-17)13-14-22(26)31-16-21(25(2,3)32)30-24(31)23-19(27)11-8-12-20(23)29/h5-14,16,32H,4,15H2,1-3H3. The van der Waals surface area contributed by atoms with Crippen LogP contribution < -0.4 is 0 Å². The Morgan fingerprint density at radius 2 is 1.83 bits per heavy atom. The predicted octanol–water partition coefficient (Wildman–Crippen LogP) is 6.27. The number of benzene rings is 2. The molecule has 0 saturated heterocycles. The van der Waals surface area contributed by atoms with Gasteiger partial charge in [-0.05, 0) is 43.2 Å². The molecule has 2 aromatic carbocycles. The number of alkyl halides is 1. The van der Waals surface area contributed by atoms with Crippen molar-refractivity contribution in [1.82, 2.24) is 9.55 Å². The molecule has 1 aromatic heterocycles. The van der Waals surface area contributed by atoms with Crippen LogP contribution >= 0.6 is 23.2 Å². The second-order valence-corrected chi connectivity index (χ2v) is 12.7. The summed E-state index contributed by atoms with van der Waals surface area (Å²) < 4.78 is 41.4. The van der Waals surface area contributed by atoms with Gasteiger partial charge >= 0.3 is 0 Å². The second kappa shape index (κ2) is 9.21. The largest absolute Gasteiger partial charge is 0.384 e. The maximum absolute atomic E-state index is 15.0. The van der Waals surface area contributed by atoms with Crippen molar-refractivity contribution in [3.8, 4) is 11.4 Å². The van der Waals surface area contributed by atoms with E-state index in [0.717, 1.165) is 11.1 Å². The Hall–Kier alpha value is -2.45. The van der Waals surface area contributed by atoms with Crippen LogP contribution in [0.3, 0.4) is 0 Å². The Morgan fingerprint density at radius 3 is 2.43 bits per heavy atom. The molecular formula is C26H25Cl2FN2O3S. The van der Waals surface area contributed by atoms with Crippen LogP contribution in [-0.2, 0) is 15.4 Å². The Kier molecular flexibility index (Phi) is 6.74. The molecule has 35 heavy (non-hydrogen) atoms. The molecule has 3 aromatic rings. The van der Waals surface area contributed by atoms with Crippen molar-refractivity contribution in [3.05, 3.63) is 89.0 Å². The van der Waals surface area contributed by atoms with Gasteiger partial charge in [0, 0.05) is 18.4 Å². The highest BCUT2D eigenvalue weighted by atomic mass is 35.5. The molecule has 1 aliphatic carbocycles. The van der Waals surface area contributed by atoms with E-state index in [2.05, 4.69) is 4.98 Å². The first-order valence-electron chi connectivity index (χ1n) is 11.0. The van der Waals surface area contributed by atoms with Gasteiger partial charge in [0.05, 0.1) is 22.0 Å². The molecule has 184 valence electrons. The SMILES string of the molecule is CCS(=O)(=O)C1(Cl)CC(c2ccccc2)=CC=C1n1cc(C(C)(C)O)nc1-c1c(F)cccc1Cl. The lowest BCUT2D eigenvalue weighted by Crippen LogP contribution is -2.39. The molecule has 0 amide bonds. The summed E-state index contributed by atoms with van der Waals surface area (Å²) >= 11 is 13.4. The summed E-state index contributed by atoms with van der Waals surface area (Å²) in [5, 5.41) is 10.7. The first-order chi connectivity index (χ1) is 16.4. The van der Waals surface area contributed by atoms with Crippen molar-refractivity contribution in [2.75, 3.05) is 5.75 Å². The average Bonchev–Trinajstić information content (AvgIpc) is 3.24. The molecule has 1 N–H and O–H groups in total. The fourth-order valence-electron chi connectivity index (χ4n) is 4.05. The molecule has 0 radical (unpaired) electrons. The topological polar surface area (TPSA) is 72.2 Å². The van der Waals surface area contributed by atoms with Crippen LogP contribution in [0.2, 0.25) is 5.02 Å². The van der Waals surface area contributed by atoms with Crippen LogP contribution in [0.4, 0.5) is 4.39 Å². The van der Waals surface area contributed by atoms with Gasteiger partial charge in [0.25, 0.3) is 0 Å². The molecule has 0 fully saturated rings. The van der Waals surface area contributed by atoms with Gasteiger partial charge in [0.1, 0.15) is 17.2 Å². The van der Waals surface area contributed by atoms with Gasteiger partial charge in [-0.3, -0.25) is 0 Å². The van der Waals surface area contributed by atoms with Gasteiger partial charge < -0.3 is 9.67 Å². The Morgan fingerprint density at radius 1 is 1.14 bits per heavy atom. The predicted molar refractivity (Wildman–Crippen MR) is 139 cm³/mol. The third kappa shape index (κ3) is 4.58. The number of imidazole rings is 1. The van der Waals surface area contributed by atoms with Crippen LogP contribution in [0.25, 0.3) is 22.7 Å². The van der Waals surface area contributed by atoms with Gasteiger partial charge in [0.15, 0.2) is 14.0 Å². The smallest absolute Gasteiger partial charge is 0.189 e. The number of nitrogens with zero attached hydrogens (tertiary/aromatic N) is 2. The van der Waals surface area contributed by atoms with Gasteiger partial charge in [-0.25, -0.2) is 17.8 Å². The Balaban J connectivity index is 2.03. The normalized spacial score (nSPS) is 18.8. The summed E-state index contributed by atoms with van der Waals surface area (Å²) in [6.45, 7) is 4.60. The van der Waals surface area contributed by atoms with Gasteiger partial charge in [-0.15, -0.1) is 0 Å². The summed E-state index contributed by atoms with van der Waals surface area (Å²) in [4.78, 5) is 4.47. The second-order valence-electron chi connectivity index (χ2n) is 8.89. The zero-order valence-corrected chi connectivity index (χ0v) is 21.8. The van der Waals surface area contributed by atoms with Crippen molar-refractivity contribution in [2.45, 2.75) is 37.0 Å². The number of allylic oxidation sites excluding steroid dienone is 3. The molecule has 1 atom stereocenters. The summed E-state index contributed by atoms with van der Waals surface area (Å²) in [5.74, 6) is -0.801. The Bertz CT molecular complexity index is 1420. The number of hydrogen-bond acceptors (Lipinski definition) is 4. The fourth-order valence-corrected chi connectivity index (χ4v) is 6.24. The average molecular weight is 535 g/mol. The highest BCUT2D eigenvalue weighted by molar-refractivity contribution is 7.94. The number of aromatic nitrogens is 2. The first kappa shape index (κ1) is 25.6. The number of rotatable bonds is 6. The molecule has 4 rings (SSSR count). The van der Waals surface area contributed by atoms with E-state index < -0.39 is 25.5 Å². The van der Waals surface area contributed by atoms with Crippen LogP contribution in [-0.4, -0.2) is 33.0 Å². The van der Waals surface area contributed by atoms with E-state index in [1.165, 1.54) is 49.7 Å². The molecule has 1 heterocycles. The lowest BCUT2D eigenvalue weighted by molar-refractivity contribution is 0.0743. The maximum Gasteiger partial charge on any atom is 0.189 e. The van der Waals surface area contributed by atoms with Crippen LogP contribution in [0.5, 0.6) is 0 Å². The minimum absolute atomic E-state index is 0.0128. The van der Waals surface area contributed by atoms with Crippen molar-refractivity contribution in [2.24, 2.45) is 0 Å². The monoisotopic (exact) mass is 534 g/mol. The number of hydrogen-bond donors (Lipinski definition) is 1. The summed E-state index contributed by atoms with van der Waals surface area (Å²) in [5.41, 5.74) is 0.568. The van der Waals surface area contributed by atoms with E-state index in [0.29, 0.717) is 0 Å². The van der Waals surface area contributed by atoms with Crippen molar-refractivity contribution < 1.29 is 17.9 Å². The third-order valence-electron chi connectivity index (χ3n) is 6.04. The van der Waals surface area contributed by atoms with E-state index in [9.17, 15) is 17.9 Å². The van der Waals surface area contributed by atoms with Crippen LogP contribution in [0.15, 0.2) is 66.9 Å². The molecule has 9 heteroatoms. The van der Waals surface area contributed by atoms with E-state index >= 15 is 0 Å².